The maximum Gasteiger partial charge on any atom is 0.292 e. The van der Waals surface area contributed by atoms with Gasteiger partial charge in [0.15, 0.2) is 0 Å². The molecule has 1 aliphatic rings. The first-order valence-corrected chi connectivity index (χ1v) is 6.03. The maximum absolute atomic E-state index is 12.0. The molecule has 4 rings (SSSR count). The minimum Gasteiger partial charge on any atom is -0.497 e. The van der Waals surface area contributed by atoms with Crippen LogP contribution in [0, 0.1) is 0 Å². The van der Waals surface area contributed by atoms with Crippen LogP contribution in [-0.2, 0) is 6.42 Å². The lowest BCUT2D eigenvalue weighted by Crippen LogP contribution is -2.13. The number of aromatic amines is 1. The third kappa shape index (κ3) is 1.29. The van der Waals surface area contributed by atoms with Gasteiger partial charge >= 0.3 is 0 Å². The predicted molar refractivity (Wildman–Crippen MR) is 70.6 cm³/mol. The van der Waals surface area contributed by atoms with E-state index < -0.39 is 0 Å². The quantitative estimate of drug-likeness (QED) is 0.560. The first kappa shape index (κ1) is 10.4. The second-order valence-electron chi connectivity index (χ2n) is 4.60. The molecule has 0 atom stereocenters. The number of imidazole rings is 1. The molecule has 0 spiro atoms. The van der Waals surface area contributed by atoms with E-state index in [2.05, 4.69) is 9.97 Å². The van der Waals surface area contributed by atoms with E-state index in [9.17, 15) is 4.79 Å². The zero-order chi connectivity index (χ0) is 13.0. The average Bonchev–Trinajstić information content (AvgIpc) is 3.02. The molecule has 5 heteroatoms. The number of H-pyrrole nitrogens is 1. The molecule has 0 unspecified atom stereocenters. The SMILES string of the molecule is COc1ccc2c(c1)Cc1c-2[nH]c(=O)c2nccn12. The summed E-state index contributed by atoms with van der Waals surface area (Å²) >= 11 is 0. The number of rotatable bonds is 1. The highest BCUT2D eigenvalue weighted by Gasteiger charge is 2.23. The van der Waals surface area contributed by atoms with Crippen molar-refractivity contribution in [2.24, 2.45) is 0 Å². The summed E-state index contributed by atoms with van der Waals surface area (Å²) in [7, 11) is 1.65. The van der Waals surface area contributed by atoms with E-state index in [1.54, 1.807) is 13.3 Å². The summed E-state index contributed by atoms with van der Waals surface area (Å²) in [5, 5.41) is 0. The highest BCUT2D eigenvalue weighted by atomic mass is 16.5. The maximum atomic E-state index is 12.0. The summed E-state index contributed by atoms with van der Waals surface area (Å²) in [6.07, 6.45) is 4.24. The number of nitrogens with one attached hydrogen (secondary N) is 1. The van der Waals surface area contributed by atoms with Crippen LogP contribution in [-0.4, -0.2) is 21.5 Å². The molecular weight excluding hydrogens is 242 g/mol. The summed E-state index contributed by atoms with van der Waals surface area (Å²) < 4.78 is 7.11. The molecule has 0 amide bonds. The molecule has 2 heterocycles. The molecule has 1 aromatic carbocycles. The molecule has 0 saturated carbocycles. The van der Waals surface area contributed by atoms with Gasteiger partial charge in [-0.3, -0.25) is 9.20 Å². The molecule has 0 aliphatic heterocycles. The Bertz CT molecular complexity index is 861. The summed E-state index contributed by atoms with van der Waals surface area (Å²) in [5.41, 5.74) is 4.45. The Morgan fingerprint density at radius 3 is 3.16 bits per heavy atom. The van der Waals surface area contributed by atoms with Gasteiger partial charge in [0.2, 0.25) is 5.65 Å². The summed E-state index contributed by atoms with van der Waals surface area (Å²) in [6.45, 7) is 0. The van der Waals surface area contributed by atoms with Gasteiger partial charge in [-0.25, -0.2) is 4.98 Å². The van der Waals surface area contributed by atoms with Crippen LogP contribution in [0.15, 0.2) is 35.4 Å². The number of benzene rings is 1. The molecule has 1 aliphatic carbocycles. The van der Waals surface area contributed by atoms with E-state index in [1.165, 1.54) is 0 Å². The standard InChI is InChI=1S/C14H11N3O2/c1-19-9-2-3-10-8(6-9)7-11-12(10)16-14(18)13-15-4-5-17(11)13/h2-6H,7H2,1H3,(H,16,18). The van der Waals surface area contributed by atoms with Gasteiger partial charge in [0.05, 0.1) is 18.5 Å². The van der Waals surface area contributed by atoms with Crippen molar-refractivity contribution in [2.45, 2.75) is 6.42 Å². The van der Waals surface area contributed by atoms with Gasteiger partial charge in [-0.2, -0.15) is 0 Å². The number of nitrogens with zero attached hydrogens (tertiary/aromatic N) is 2. The number of hydrogen-bond donors (Lipinski definition) is 1. The van der Waals surface area contributed by atoms with Gasteiger partial charge in [-0.05, 0) is 23.8 Å². The molecule has 5 nitrogen and oxygen atoms in total. The summed E-state index contributed by atoms with van der Waals surface area (Å²) in [6, 6.07) is 5.90. The molecule has 0 fully saturated rings. The van der Waals surface area contributed by atoms with Crippen LogP contribution in [0.1, 0.15) is 11.3 Å². The fourth-order valence-corrected chi connectivity index (χ4v) is 2.72. The van der Waals surface area contributed by atoms with Gasteiger partial charge in [0, 0.05) is 24.4 Å². The second kappa shape index (κ2) is 3.47. The number of methoxy groups -OCH3 is 1. The van der Waals surface area contributed by atoms with Gasteiger partial charge in [-0.1, -0.05) is 0 Å². The topological polar surface area (TPSA) is 59.4 Å². The van der Waals surface area contributed by atoms with Gasteiger partial charge in [0.1, 0.15) is 5.75 Å². The largest absolute Gasteiger partial charge is 0.497 e. The van der Waals surface area contributed by atoms with Crippen LogP contribution < -0.4 is 10.3 Å². The molecule has 1 N–H and O–H groups in total. The smallest absolute Gasteiger partial charge is 0.292 e. The van der Waals surface area contributed by atoms with E-state index in [0.717, 1.165) is 34.7 Å². The highest BCUT2D eigenvalue weighted by molar-refractivity contribution is 5.74. The molecule has 3 aromatic rings. The van der Waals surface area contributed by atoms with Crippen molar-refractivity contribution in [1.29, 1.82) is 0 Å². The lowest BCUT2D eigenvalue weighted by Gasteiger charge is -2.04. The van der Waals surface area contributed by atoms with E-state index in [0.29, 0.717) is 5.65 Å². The van der Waals surface area contributed by atoms with Crippen molar-refractivity contribution in [3.63, 3.8) is 0 Å². The van der Waals surface area contributed by atoms with E-state index in [1.807, 2.05) is 28.8 Å². The van der Waals surface area contributed by atoms with E-state index >= 15 is 0 Å². The Balaban J connectivity index is 2.05. The Kier molecular flexibility index (Phi) is 1.90. The van der Waals surface area contributed by atoms with Crippen molar-refractivity contribution in [2.75, 3.05) is 7.11 Å². The second-order valence-corrected chi connectivity index (χ2v) is 4.60. The minimum atomic E-state index is -0.160. The van der Waals surface area contributed by atoms with Crippen molar-refractivity contribution < 1.29 is 4.74 Å². The Hall–Kier alpha value is -2.56. The Morgan fingerprint density at radius 1 is 1.42 bits per heavy atom. The monoisotopic (exact) mass is 253 g/mol. The first-order chi connectivity index (χ1) is 9.28. The third-order valence-corrected chi connectivity index (χ3v) is 3.60. The third-order valence-electron chi connectivity index (χ3n) is 3.60. The molecular formula is C14H11N3O2. The van der Waals surface area contributed by atoms with Crippen LogP contribution in [0.5, 0.6) is 5.75 Å². The van der Waals surface area contributed by atoms with Crippen molar-refractivity contribution in [3.8, 4) is 17.0 Å². The normalized spacial score (nSPS) is 12.5. The number of ether oxygens (including phenoxy) is 1. The molecule has 19 heavy (non-hydrogen) atoms. The first-order valence-electron chi connectivity index (χ1n) is 6.03. The van der Waals surface area contributed by atoms with Crippen LogP contribution in [0.4, 0.5) is 0 Å². The Labute approximate surface area is 108 Å². The number of hydrogen-bond acceptors (Lipinski definition) is 3. The lowest BCUT2D eigenvalue weighted by atomic mass is 10.1. The molecule has 2 aromatic heterocycles. The molecule has 0 saturated heterocycles. The fraction of sp³-hybridized carbons (Fsp3) is 0.143. The van der Waals surface area contributed by atoms with Crippen LogP contribution in [0.25, 0.3) is 16.9 Å². The van der Waals surface area contributed by atoms with Gasteiger partial charge in [0.25, 0.3) is 5.56 Å². The van der Waals surface area contributed by atoms with Crippen molar-refractivity contribution >= 4 is 5.65 Å². The van der Waals surface area contributed by atoms with Crippen LogP contribution in [0.3, 0.4) is 0 Å². The van der Waals surface area contributed by atoms with E-state index in [-0.39, 0.29) is 5.56 Å². The van der Waals surface area contributed by atoms with Crippen LogP contribution in [0.2, 0.25) is 0 Å². The zero-order valence-corrected chi connectivity index (χ0v) is 10.3. The molecule has 0 bridgehead atoms. The average molecular weight is 253 g/mol. The summed E-state index contributed by atoms with van der Waals surface area (Å²) in [5.74, 6) is 0.829. The lowest BCUT2D eigenvalue weighted by molar-refractivity contribution is 0.414. The van der Waals surface area contributed by atoms with Gasteiger partial charge in [-0.15, -0.1) is 0 Å². The highest BCUT2D eigenvalue weighted by Crippen LogP contribution is 2.36. The van der Waals surface area contributed by atoms with Crippen LogP contribution >= 0.6 is 0 Å². The predicted octanol–water partition coefficient (Wildman–Crippen LogP) is 1.60. The zero-order valence-electron chi connectivity index (χ0n) is 10.3. The number of fused-ring (bicyclic) bond motifs is 5. The fourth-order valence-electron chi connectivity index (χ4n) is 2.72. The van der Waals surface area contributed by atoms with Crippen molar-refractivity contribution in [3.05, 3.63) is 52.2 Å². The number of aromatic nitrogens is 3. The molecule has 0 radical (unpaired) electrons. The van der Waals surface area contributed by atoms with Gasteiger partial charge < -0.3 is 9.72 Å². The van der Waals surface area contributed by atoms with E-state index in [4.69, 9.17) is 4.74 Å². The summed E-state index contributed by atoms with van der Waals surface area (Å²) in [4.78, 5) is 19.0. The minimum absolute atomic E-state index is 0.160. The Morgan fingerprint density at radius 2 is 2.32 bits per heavy atom. The molecule has 94 valence electrons. The van der Waals surface area contributed by atoms with Crippen molar-refractivity contribution in [1.82, 2.24) is 14.4 Å².